The van der Waals surface area contributed by atoms with Crippen LogP contribution in [0.3, 0.4) is 0 Å². The van der Waals surface area contributed by atoms with Crippen LogP contribution in [-0.4, -0.2) is 60.7 Å². The first-order valence-corrected chi connectivity index (χ1v) is 8.13. The Kier molecular flexibility index (Phi) is 3.77. The maximum atomic E-state index is 11.6. The van der Waals surface area contributed by atoms with Crippen LogP contribution in [0, 0.1) is 0 Å². The Labute approximate surface area is 103 Å². The topological polar surface area (TPSA) is 83.6 Å². The van der Waals surface area contributed by atoms with E-state index in [2.05, 4.69) is 11.8 Å². The minimum Gasteiger partial charge on any atom is -0.390 e. The summed E-state index contributed by atoms with van der Waals surface area (Å²) in [6, 6.07) is 0.265. The Balaban J connectivity index is 2.19. The van der Waals surface area contributed by atoms with Gasteiger partial charge in [-0.3, -0.25) is 4.90 Å². The van der Waals surface area contributed by atoms with E-state index >= 15 is 0 Å². The van der Waals surface area contributed by atoms with E-state index in [9.17, 15) is 13.5 Å². The molecule has 0 aromatic rings. The third kappa shape index (κ3) is 2.65. The predicted octanol–water partition coefficient (Wildman–Crippen LogP) is -0.654. The monoisotopic (exact) mass is 262 g/mol. The van der Waals surface area contributed by atoms with Gasteiger partial charge in [0, 0.05) is 18.6 Å². The zero-order valence-corrected chi connectivity index (χ0v) is 11.1. The molecule has 2 aliphatic rings. The Morgan fingerprint density at radius 1 is 1.35 bits per heavy atom. The van der Waals surface area contributed by atoms with Gasteiger partial charge >= 0.3 is 0 Å². The maximum absolute atomic E-state index is 11.6. The minimum atomic E-state index is -3.08. The van der Waals surface area contributed by atoms with Crippen LogP contribution in [-0.2, 0) is 9.84 Å². The van der Waals surface area contributed by atoms with Crippen LogP contribution in [0.4, 0.5) is 0 Å². The summed E-state index contributed by atoms with van der Waals surface area (Å²) in [5.41, 5.74) is 5.76. The molecule has 0 spiro atoms. The molecule has 17 heavy (non-hydrogen) atoms. The average molecular weight is 262 g/mol. The molecule has 2 saturated heterocycles. The van der Waals surface area contributed by atoms with Crippen LogP contribution in [0.2, 0.25) is 0 Å². The van der Waals surface area contributed by atoms with Gasteiger partial charge in [-0.2, -0.15) is 0 Å². The van der Waals surface area contributed by atoms with Gasteiger partial charge in [0.25, 0.3) is 0 Å². The molecule has 0 amide bonds. The molecular weight excluding hydrogens is 240 g/mol. The van der Waals surface area contributed by atoms with Crippen molar-refractivity contribution in [1.29, 1.82) is 0 Å². The molecule has 4 unspecified atom stereocenters. The highest BCUT2D eigenvalue weighted by Gasteiger charge is 2.44. The van der Waals surface area contributed by atoms with Crippen molar-refractivity contribution in [2.45, 2.75) is 50.4 Å². The second-order valence-electron chi connectivity index (χ2n) is 5.33. The number of hydrogen-bond acceptors (Lipinski definition) is 5. The second kappa shape index (κ2) is 4.84. The van der Waals surface area contributed by atoms with Crippen molar-refractivity contribution in [3.63, 3.8) is 0 Å². The van der Waals surface area contributed by atoms with E-state index < -0.39 is 15.9 Å². The van der Waals surface area contributed by atoms with E-state index in [1.165, 1.54) is 0 Å². The summed E-state index contributed by atoms with van der Waals surface area (Å²) in [5.74, 6) is -0.0207. The highest BCUT2D eigenvalue weighted by Crippen LogP contribution is 2.29. The Bertz CT molecular complexity index is 371. The van der Waals surface area contributed by atoms with Crippen LogP contribution >= 0.6 is 0 Å². The SMILES string of the molecule is CC1CCCC(CN)N1C1CS(=O)(=O)CC1O. The lowest BCUT2D eigenvalue weighted by molar-refractivity contribution is 0.00550. The van der Waals surface area contributed by atoms with Gasteiger partial charge in [-0.05, 0) is 19.8 Å². The molecule has 0 aromatic heterocycles. The second-order valence-corrected chi connectivity index (χ2v) is 7.48. The maximum Gasteiger partial charge on any atom is 0.154 e. The third-order valence-electron chi connectivity index (χ3n) is 4.04. The fourth-order valence-corrected chi connectivity index (χ4v) is 5.03. The van der Waals surface area contributed by atoms with E-state index in [0.29, 0.717) is 12.6 Å². The van der Waals surface area contributed by atoms with E-state index in [4.69, 9.17) is 5.73 Å². The number of hydrogen-bond donors (Lipinski definition) is 2. The first-order valence-electron chi connectivity index (χ1n) is 6.30. The summed E-state index contributed by atoms with van der Waals surface area (Å²) in [6.07, 6.45) is 2.44. The number of sulfone groups is 1. The summed E-state index contributed by atoms with van der Waals surface area (Å²) in [7, 11) is -3.08. The molecule has 0 bridgehead atoms. The van der Waals surface area contributed by atoms with Crippen LogP contribution < -0.4 is 5.73 Å². The summed E-state index contributed by atoms with van der Waals surface area (Å²) in [6.45, 7) is 2.63. The summed E-state index contributed by atoms with van der Waals surface area (Å²) < 4.78 is 23.2. The predicted molar refractivity (Wildman–Crippen MR) is 66.4 cm³/mol. The van der Waals surface area contributed by atoms with Crippen molar-refractivity contribution < 1.29 is 13.5 Å². The lowest BCUT2D eigenvalue weighted by Crippen LogP contribution is -2.57. The molecule has 2 fully saturated rings. The molecule has 3 N–H and O–H groups in total. The molecule has 2 aliphatic heterocycles. The first-order chi connectivity index (χ1) is 7.94. The zero-order chi connectivity index (χ0) is 12.6. The van der Waals surface area contributed by atoms with Gasteiger partial charge in [-0.15, -0.1) is 0 Å². The van der Waals surface area contributed by atoms with Crippen molar-refractivity contribution in [2.24, 2.45) is 5.73 Å². The van der Waals surface area contributed by atoms with Gasteiger partial charge in [0.2, 0.25) is 0 Å². The van der Waals surface area contributed by atoms with Gasteiger partial charge in [0.1, 0.15) is 0 Å². The van der Waals surface area contributed by atoms with Gasteiger partial charge in [0.05, 0.1) is 23.7 Å². The van der Waals surface area contributed by atoms with Gasteiger partial charge in [0.15, 0.2) is 9.84 Å². The highest BCUT2D eigenvalue weighted by atomic mass is 32.2. The van der Waals surface area contributed by atoms with Crippen LogP contribution in [0.1, 0.15) is 26.2 Å². The zero-order valence-electron chi connectivity index (χ0n) is 10.2. The van der Waals surface area contributed by atoms with Crippen LogP contribution in [0.25, 0.3) is 0 Å². The minimum absolute atomic E-state index is 0.0784. The van der Waals surface area contributed by atoms with Crippen molar-refractivity contribution in [2.75, 3.05) is 18.1 Å². The van der Waals surface area contributed by atoms with Crippen molar-refractivity contribution in [1.82, 2.24) is 4.90 Å². The fraction of sp³-hybridized carbons (Fsp3) is 1.00. The number of aliphatic hydroxyl groups excluding tert-OH is 1. The smallest absolute Gasteiger partial charge is 0.154 e. The van der Waals surface area contributed by atoms with E-state index in [-0.39, 0.29) is 23.6 Å². The molecule has 6 heteroatoms. The molecule has 0 aromatic carbocycles. The number of aliphatic hydroxyl groups is 1. The number of likely N-dealkylation sites (tertiary alicyclic amines) is 1. The van der Waals surface area contributed by atoms with E-state index in [0.717, 1.165) is 19.3 Å². The average Bonchev–Trinajstić information content (AvgIpc) is 2.51. The lowest BCUT2D eigenvalue weighted by Gasteiger charge is -2.44. The lowest BCUT2D eigenvalue weighted by atomic mass is 9.93. The van der Waals surface area contributed by atoms with E-state index in [1.807, 2.05) is 0 Å². The third-order valence-corrected chi connectivity index (χ3v) is 5.74. The number of nitrogens with two attached hydrogens (primary N) is 1. The molecular formula is C11H22N2O3S. The quantitative estimate of drug-likeness (QED) is 0.690. The molecule has 5 nitrogen and oxygen atoms in total. The van der Waals surface area contributed by atoms with Crippen molar-refractivity contribution in [3.05, 3.63) is 0 Å². The Morgan fingerprint density at radius 2 is 2.06 bits per heavy atom. The largest absolute Gasteiger partial charge is 0.390 e. The normalized spacial score (nSPS) is 42.8. The van der Waals surface area contributed by atoms with Crippen molar-refractivity contribution in [3.8, 4) is 0 Å². The molecule has 0 saturated carbocycles. The number of nitrogens with zero attached hydrogens (tertiary/aromatic N) is 1. The molecule has 2 rings (SSSR count). The fourth-order valence-electron chi connectivity index (χ4n) is 3.24. The van der Waals surface area contributed by atoms with Gasteiger partial charge in [-0.25, -0.2) is 8.42 Å². The van der Waals surface area contributed by atoms with Gasteiger partial charge < -0.3 is 10.8 Å². The highest BCUT2D eigenvalue weighted by molar-refractivity contribution is 7.91. The van der Waals surface area contributed by atoms with Crippen LogP contribution in [0.5, 0.6) is 0 Å². The Morgan fingerprint density at radius 3 is 2.59 bits per heavy atom. The first kappa shape index (κ1) is 13.3. The molecule has 100 valence electrons. The molecule has 4 atom stereocenters. The molecule has 2 heterocycles. The summed E-state index contributed by atoms with van der Waals surface area (Å²) >= 11 is 0. The molecule has 0 radical (unpaired) electrons. The standard InChI is InChI=1S/C11H22N2O3S/c1-8-3-2-4-9(5-12)13(8)10-6-17(15,16)7-11(10)14/h8-11,14H,2-7,12H2,1H3. The van der Waals surface area contributed by atoms with Crippen LogP contribution in [0.15, 0.2) is 0 Å². The number of piperidine rings is 1. The van der Waals surface area contributed by atoms with E-state index in [1.54, 1.807) is 0 Å². The Hall–Kier alpha value is -0.170. The molecule has 0 aliphatic carbocycles. The number of rotatable bonds is 2. The summed E-state index contributed by atoms with van der Waals surface area (Å²) in [4.78, 5) is 2.15. The summed E-state index contributed by atoms with van der Waals surface area (Å²) in [5, 5.41) is 9.95. The van der Waals surface area contributed by atoms with Crippen molar-refractivity contribution >= 4 is 9.84 Å². The van der Waals surface area contributed by atoms with Gasteiger partial charge in [-0.1, -0.05) is 6.42 Å².